The van der Waals surface area contributed by atoms with Crippen LogP contribution in [0.25, 0.3) is 10.9 Å². The zero-order chi connectivity index (χ0) is 20.1. The summed E-state index contributed by atoms with van der Waals surface area (Å²) >= 11 is 0. The highest BCUT2D eigenvalue weighted by molar-refractivity contribution is 5.97. The van der Waals surface area contributed by atoms with Crippen LogP contribution in [-0.4, -0.2) is 45.7 Å². The van der Waals surface area contributed by atoms with Gasteiger partial charge in [0.15, 0.2) is 0 Å². The lowest BCUT2D eigenvalue weighted by molar-refractivity contribution is -0.159. The number of benzene rings is 2. The summed E-state index contributed by atoms with van der Waals surface area (Å²) < 4.78 is 0. The summed E-state index contributed by atoms with van der Waals surface area (Å²) in [5.41, 5.74) is 4.27. The highest BCUT2D eigenvalue weighted by Gasteiger charge is 2.48. The van der Waals surface area contributed by atoms with Crippen LogP contribution in [0.1, 0.15) is 36.7 Å². The number of aromatic nitrogens is 1. The van der Waals surface area contributed by atoms with Crippen molar-refractivity contribution < 1.29 is 9.59 Å². The normalized spacial score (nSPS) is 21.6. The van der Waals surface area contributed by atoms with Crippen molar-refractivity contribution in [3.8, 4) is 0 Å². The molecule has 2 aliphatic heterocycles. The van der Waals surface area contributed by atoms with E-state index in [2.05, 4.69) is 31.0 Å². The van der Waals surface area contributed by atoms with Crippen molar-refractivity contribution in [2.45, 2.75) is 32.4 Å². The van der Waals surface area contributed by atoms with Crippen LogP contribution in [0.4, 0.5) is 0 Å². The molecule has 1 saturated heterocycles. The maximum atomic E-state index is 13.4. The van der Waals surface area contributed by atoms with Gasteiger partial charge in [-0.1, -0.05) is 62.4 Å². The zero-order valence-electron chi connectivity index (χ0n) is 16.8. The van der Waals surface area contributed by atoms with Gasteiger partial charge in [-0.05, 0) is 23.1 Å². The fourth-order valence-electron chi connectivity index (χ4n) is 4.90. The van der Waals surface area contributed by atoms with Gasteiger partial charge in [-0.3, -0.25) is 9.59 Å². The molecule has 1 aromatic heterocycles. The minimum absolute atomic E-state index is 0.0217. The lowest BCUT2D eigenvalue weighted by atomic mass is 9.86. The van der Waals surface area contributed by atoms with Crippen LogP contribution in [0.2, 0.25) is 0 Å². The Balaban J connectivity index is 1.68. The molecule has 0 radical (unpaired) electrons. The number of hydrogen-bond acceptors (Lipinski definition) is 2. The van der Waals surface area contributed by atoms with Gasteiger partial charge < -0.3 is 14.8 Å². The van der Waals surface area contributed by atoms with Crippen molar-refractivity contribution in [1.29, 1.82) is 0 Å². The third-order valence-electron chi connectivity index (χ3n) is 6.04. The molecule has 5 rings (SSSR count). The lowest BCUT2D eigenvalue weighted by Crippen LogP contribution is -2.63. The molecule has 2 atom stereocenters. The van der Waals surface area contributed by atoms with Gasteiger partial charge in [-0.15, -0.1) is 0 Å². The number of para-hydroxylation sites is 1. The number of H-pyrrole nitrogens is 1. The number of amides is 2. The highest BCUT2D eigenvalue weighted by Crippen LogP contribution is 2.42. The fraction of sp³-hybridized carbons (Fsp3) is 0.333. The Kier molecular flexibility index (Phi) is 4.19. The van der Waals surface area contributed by atoms with Crippen LogP contribution >= 0.6 is 0 Å². The van der Waals surface area contributed by atoms with E-state index in [-0.39, 0.29) is 24.4 Å². The van der Waals surface area contributed by atoms with Crippen LogP contribution in [0, 0.1) is 5.92 Å². The number of rotatable bonds is 3. The number of hydrogen-bond donors (Lipinski definition) is 1. The van der Waals surface area contributed by atoms with Crippen molar-refractivity contribution >= 4 is 22.7 Å². The molecule has 1 unspecified atom stereocenters. The number of piperazine rings is 1. The van der Waals surface area contributed by atoms with E-state index in [0.717, 1.165) is 27.7 Å². The smallest absolute Gasteiger partial charge is 0.246 e. The third kappa shape index (κ3) is 2.84. The van der Waals surface area contributed by atoms with Crippen LogP contribution in [0.5, 0.6) is 0 Å². The third-order valence-corrected chi connectivity index (χ3v) is 6.04. The average Bonchev–Trinajstić information content (AvgIpc) is 3.09. The number of fused-ring (bicyclic) bond motifs is 4. The van der Waals surface area contributed by atoms with E-state index >= 15 is 0 Å². The fourth-order valence-corrected chi connectivity index (χ4v) is 4.90. The van der Waals surface area contributed by atoms with Gasteiger partial charge in [0.05, 0.1) is 12.6 Å². The first-order valence-electron chi connectivity index (χ1n) is 10.3. The van der Waals surface area contributed by atoms with E-state index in [0.29, 0.717) is 18.9 Å². The number of carbonyl (C=O) groups is 2. The van der Waals surface area contributed by atoms with Crippen LogP contribution in [-0.2, 0) is 16.0 Å². The zero-order valence-corrected chi connectivity index (χ0v) is 16.8. The molecule has 1 N–H and O–H groups in total. The Hall–Kier alpha value is -3.08. The number of nitrogens with zero attached hydrogens (tertiary/aromatic N) is 2. The molecule has 3 aromatic rings. The molecule has 5 heteroatoms. The van der Waals surface area contributed by atoms with E-state index in [1.165, 1.54) is 0 Å². The second kappa shape index (κ2) is 6.76. The van der Waals surface area contributed by atoms with Crippen molar-refractivity contribution in [3.05, 3.63) is 71.4 Å². The molecule has 29 heavy (non-hydrogen) atoms. The van der Waals surface area contributed by atoms with E-state index in [1.807, 2.05) is 47.4 Å². The van der Waals surface area contributed by atoms with Crippen molar-refractivity contribution in [3.63, 3.8) is 0 Å². The summed E-state index contributed by atoms with van der Waals surface area (Å²) in [4.78, 5) is 33.8. The second-order valence-electron chi connectivity index (χ2n) is 8.51. The molecule has 0 bridgehead atoms. The lowest BCUT2D eigenvalue weighted by Gasteiger charge is -2.47. The maximum Gasteiger partial charge on any atom is 0.246 e. The molecule has 2 aliphatic rings. The van der Waals surface area contributed by atoms with Gasteiger partial charge in [0.25, 0.3) is 0 Å². The van der Waals surface area contributed by atoms with Crippen LogP contribution in [0.15, 0.2) is 54.6 Å². The Labute approximate surface area is 170 Å². The summed E-state index contributed by atoms with van der Waals surface area (Å²) in [6.07, 6.45) is 0.557. The first kappa shape index (κ1) is 18.0. The summed E-state index contributed by atoms with van der Waals surface area (Å²) in [7, 11) is 0. The Morgan fingerprint density at radius 3 is 2.52 bits per heavy atom. The van der Waals surface area contributed by atoms with E-state index < -0.39 is 6.04 Å². The molecular formula is C24H25N3O2. The average molecular weight is 387 g/mol. The monoisotopic (exact) mass is 387 g/mol. The summed E-state index contributed by atoms with van der Waals surface area (Å²) in [5.74, 6) is 0.416. The van der Waals surface area contributed by atoms with Crippen LogP contribution < -0.4 is 0 Å². The molecule has 1 fully saturated rings. The molecule has 2 amide bonds. The summed E-state index contributed by atoms with van der Waals surface area (Å²) in [6.45, 7) is 4.93. The molecule has 0 saturated carbocycles. The van der Waals surface area contributed by atoms with E-state index in [1.54, 1.807) is 4.90 Å². The van der Waals surface area contributed by atoms with Gasteiger partial charge in [-0.25, -0.2) is 0 Å². The molecule has 0 aliphatic carbocycles. The SMILES string of the molecule is CC(C)CN1CC(=O)N2C(c3ccccc3)c3[nH]c4ccccc4c3C[C@H]2C1=O. The van der Waals surface area contributed by atoms with Crippen molar-refractivity contribution in [2.75, 3.05) is 13.1 Å². The van der Waals surface area contributed by atoms with Gasteiger partial charge in [-0.2, -0.15) is 0 Å². The molecular weight excluding hydrogens is 362 g/mol. The molecule has 2 aromatic carbocycles. The number of nitrogens with one attached hydrogen (secondary N) is 1. The minimum Gasteiger partial charge on any atom is -0.356 e. The van der Waals surface area contributed by atoms with Gasteiger partial charge in [0.2, 0.25) is 11.8 Å². The number of carbonyl (C=O) groups excluding carboxylic acids is 2. The largest absolute Gasteiger partial charge is 0.356 e. The van der Waals surface area contributed by atoms with Crippen molar-refractivity contribution in [1.82, 2.24) is 14.8 Å². The Bertz CT molecular complexity index is 1090. The van der Waals surface area contributed by atoms with Crippen molar-refractivity contribution in [2.24, 2.45) is 5.92 Å². The molecule has 0 spiro atoms. The van der Waals surface area contributed by atoms with Gasteiger partial charge in [0.1, 0.15) is 6.04 Å². The predicted octanol–water partition coefficient (Wildman–Crippen LogP) is 3.51. The Morgan fingerprint density at radius 1 is 1.03 bits per heavy atom. The molecule has 3 heterocycles. The first-order chi connectivity index (χ1) is 14.0. The molecule has 148 valence electrons. The molecule has 5 nitrogen and oxygen atoms in total. The number of aromatic amines is 1. The maximum absolute atomic E-state index is 13.4. The summed E-state index contributed by atoms with van der Waals surface area (Å²) in [6, 6.07) is 17.5. The van der Waals surface area contributed by atoms with E-state index in [9.17, 15) is 9.59 Å². The van der Waals surface area contributed by atoms with Gasteiger partial charge in [0, 0.05) is 29.6 Å². The summed E-state index contributed by atoms with van der Waals surface area (Å²) in [5, 5.41) is 1.14. The minimum atomic E-state index is -0.452. The standard InChI is InChI=1S/C24H25N3O2/c1-15(2)13-26-14-21(28)27-20(24(26)29)12-18-17-10-6-7-11-19(17)25-22(18)23(27)16-8-4-3-5-9-16/h3-11,15,20,23,25H,12-14H2,1-2H3/t20-,23?/m0/s1. The topological polar surface area (TPSA) is 56.4 Å². The Morgan fingerprint density at radius 2 is 1.76 bits per heavy atom. The predicted molar refractivity (Wildman–Crippen MR) is 112 cm³/mol. The van der Waals surface area contributed by atoms with Gasteiger partial charge >= 0.3 is 0 Å². The van der Waals surface area contributed by atoms with E-state index in [4.69, 9.17) is 0 Å². The second-order valence-corrected chi connectivity index (χ2v) is 8.51. The first-order valence-corrected chi connectivity index (χ1v) is 10.3. The van der Waals surface area contributed by atoms with Crippen LogP contribution in [0.3, 0.4) is 0 Å². The quantitative estimate of drug-likeness (QED) is 0.748. The highest BCUT2D eigenvalue weighted by atomic mass is 16.2.